The maximum absolute atomic E-state index is 12.4. The van der Waals surface area contributed by atoms with Crippen LogP contribution in [-0.4, -0.2) is 42.0 Å². The third kappa shape index (κ3) is 2.23. The van der Waals surface area contributed by atoms with Gasteiger partial charge in [-0.05, 0) is 44.7 Å². The van der Waals surface area contributed by atoms with Crippen molar-refractivity contribution in [3.05, 3.63) is 0 Å². The van der Waals surface area contributed by atoms with Crippen LogP contribution in [0.1, 0.15) is 33.6 Å². The lowest BCUT2D eigenvalue weighted by molar-refractivity contribution is -0.132. The van der Waals surface area contributed by atoms with Crippen molar-refractivity contribution in [1.82, 2.24) is 15.5 Å². The molecule has 5 nitrogen and oxygen atoms in total. The molecule has 2 aliphatic rings. The van der Waals surface area contributed by atoms with Crippen LogP contribution in [0.3, 0.4) is 0 Å². The summed E-state index contributed by atoms with van der Waals surface area (Å²) in [6.45, 7) is 8.28. The summed E-state index contributed by atoms with van der Waals surface area (Å²) in [6, 6.07) is -0.227. The van der Waals surface area contributed by atoms with Crippen molar-refractivity contribution >= 4 is 11.9 Å². The maximum atomic E-state index is 12.4. The Kier molecular flexibility index (Phi) is 3.61. The SMILES string of the molecule is CC(C)C1(C)NC(=O)N(CC2CCNCC2)C1=O. The number of carbonyl (C=O) groups is 2. The van der Waals surface area contributed by atoms with Crippen molar-refractivity contribution in [3.63, 3.8) is 0 Å². The third-order valence-corrected chi connectivity index (χ3v) is 4.36. The van der Waals surface area contributed by atoms with E-state index in [4.69, 9.17) is 0 Å². The summed E-state index contributed by atoms with van der Waals surface area (Å²) < 4.78 is 0. The topological polar surface area (TPSA) is 61.4 Å². The van der Waals surface area contributed by atoms with Crippen LogP contribution in [0.5, 0.6) is 0 Å². The summed E-state index contributed by atoms with van der Waals surface area (Å²) in [4.78, 5) is 25.7. The number of amides is 3. The Labute approximate surface area is 108 Å². The van der Waals surface area contributed by atoms with E-state index in [1.54, 1.807) is 0 Å². The molecule has 2 fully saturated rings. The lowest BCUT2D eigenvalue weighted by atomic mass is 9.88. The second-order valence-electron chi connectivity index (χ2n) is 5.90. The molecule has 1 atom stereocenters. The van der Waals surface area contributed by atoms with Crippen molar-refractivity contribution < 1.29 is 9.59 Å². The van der Waals surface area contributed by atoms with E-state index < -0.39 is 5.54 Å². The predicted molar refractivity (Wildman–Crippen MR) is 69.1 cm³/mol. The van der Waals surface area contributed by atoms with E-state index in [9.17, 15) is 9.59 Å². The lowest BCUT2D eigenvalue weighted by Crippen LogP contribution is -2.48. The highest BCUT2D eigenvalue weighted by Crippen LogP contribution is 2.27. The van der Waals surface area contributed by atoms with E-state index in [1.165, 1.54) is 4.90 Å². The number of urea groups is 1. The summed E-state index contributed by atoms with van der Waals surface area (Å²) in [5.41, 5.74) is -0.732. The zero-order chi connectivity index (χ0) is 13.3. The molecule has 0 aromatic heterocycles. The number of rotatable bonds is 3. The van der Waals surface area contributed by atoms with Gasteiger partial charge in [-0.15, -0.1) is 0 Å². The minimum Gasteiger partial charge on any atom is -0.323 e. The van der Waals surface area contributed by atoms with Crippen LogP contribution in [0.15, 0.2) is 0 Å². The Hall–Kier alpha value is -1.10. The first-order valence-electron chi connectivity index (χ1n) is 6.80. The fourth-order valence-electron chi connectivity index (χ4n) is 2.60. The first kappa shape index (κ1) is 13.3. The maximum Gasteiger partial charge on any atom is 0.325 e. The first-order valence-corrected chi connectivity index (χ1v) is 6.80. The van der Waals surface area contributed by atoms with Gasteiger partial charge in [-0.3, -0.25) is 9.69 Å². The van der Waals surface area contributed by atoms with Crippen molar-refractivity contribution in [2.45, 2.75) is 39.2 Å². The second-order valence-corrected chi connectivity index (χ2v) is 5.90. The third-order valence-electron chi connectivity index (χ3n) is 4.36. The fraction of sp³-hybridized carbons (Fsp3) is 0.846. The van der Waals surface area contributed by atoms with Crippen LogP contribution < -0.4 is 10.6 Å². The van der Waals surface area contributed by atoms with Crippen LogP contribution in [0, 0.1) is 11.8 Å². The van der Waals surface area contributed by atoms with Gasteiger partial charge in [0.1, 0.15) is 5.54 Å². The molecule has 3 amide bonds. The molecule has 0 aliphatic carbocycles. The highest BCUT2D eigenvalue weighted by atomic mass is 16.2. The van der Waals surface area contributed by atoms with Crippen molar-refractivity contribution in [2.75, 3.05) is 19.6 Å². The number of piperidine rings is 1. The number of nitrogens with zero attached hydrogens (tertiary/aromatic N) is 1. The lowest BCUT2D eigenvalue weighted by Gasteiger charge is -2.28. The molecule has 2 heterocycles. The van der Waals surface area contributed by atoms with Crippen molar-refractivity contribution in [3.8, 4) is 0 Å². The van der Waals surface area contributed by atoms with E-state index in [0.717, 1.165) is 25.9 Å². The quantitative estimate of drug-likeness (QED) is 0.736. The van der Waals surface area contributed by atoms with Crippen LogP contribution in [0.25, 0.3) is 0 Å². The Morgan fingerprint density at radius 1 is 1.33 bits per heavy atom. The molecule has 2 saturated heterocycles. The summed E-state index contributed by atoms with van der Waals surface area (Å²) >= 11 is 0. The van der Waals surface area contributed by atoms with Gasteiger partial charge in [-0.2, -0.15) is 0 Å². The van der Waals surface area contributed by atoms with Gasteiger partial charge in [0.15, 0.2) is 0 Å². The van der Waals surface area contributed by atoms with Gasteiger partial charge in [0.05, 0.1) is 0 Å². The van der Waals surface area contributed by atoms with E-state index in [1.807, 2.05) is 20.8 Å². The van der Waals surface area contributed by atoms with Crippen LogP contribution in [0.4, 0.5) is 4.79 Å². The smallest absolute Gasteiger partial charge is 0.323 e. The molecule has 0 radical (unpaired) electrons. The van der Waals surface area contributed by atoms with E-state index in [0.29, 0.717) is 12.5 Å². The molecule has 0 aromatic carbocycles. The fourth-order valence-corrected chi connectivity index (χ4v) is 2.60. The van der Waals surface area contributed by atoms with Gasteiger partial charge in [0, 0.05) is 6.54 Å². The van der Waals surface area contributed by atoms with Crippen molar-refractivity contribution in [2.24, 2.45) is 11.8 Å². The highest BCUT2D eigenvalue weighted by molar-refractivity contribution is 6.06. The van der Waals surface area contributed by atoms with E-state index in [2.05, 4.69) is 10.6 Å². The minimum absolute atomic E-state index is 0.0685. The Balaban J connectivity index is 2.05. The van der Waals surface area contributed by atoms with Crippen LogP contribution in [-0.2, 0) is 4.79 Å². The monoisotopic (exact) mass is 253 g/mol. The number of hydrogen-bond acceptors (Lipinski definition) is 3. The molecule has 1 unspecified atom stereocenters. The van der Waals surface area contributed by atoms with Gasteiger partial charge >= 0.3 is 6.03 Å². The summed E-state index contributed by atoms with van der Waals surface area (Å²) in [7, 11) is 0. The second kappa shape index (κ2) is 4.88. The zero-order valence-electron chi connectivity index (χ0n) is 11.5. The average molecular weight is 253 g/mol. The molecular weight excluding hydrogens is 230 g/mol. The predicted octanol–water partition coefficient (Wildman–Crippen LogP) is 0.952. The number of imide groups is 1. The minimum atomic E-state index is -0.732. The molecule has 18 heavy (non-hydrogen) atoms. The molecule has 0 saturated carbocycles. The number of nitrogens with one attached hydrogen (secondary N) is 2. The molecule has 5 heteroatoms. The van der Waals surface area contributed by atoms with Gasteiger partial charge in [-0.25, -0.2) is 4.79 Å². The Bertz CT molecular complexity index is 350. The average Bonchev–Trinajstić information content (AvgIpc) is 2.56. The first-order chi connectivity index (χ1) is 8.45. The summed E-state index contributed by atoms with van der Waals surface area (Å²) in [5, 5.41) is 6.13. The van der Waals surface area contributed by atoms with Crippen LogP contribution in [0.2, 0.25) is 0 Å². The molecule has 0 spiro atoms. The largest absolute Gasteiger partial charge is 0.325 e. The van der Waals surface area contributed by atoms with E-state index >= 15 is 0 Å². The molecule has 2 aliphatic heterocycles. The van der Waals surface area contributed by atoms with Gasteiger partial charge in [-0.1, -0.05) is 13.8 Å². The molecule has 2 N–H and O–H groups in total. The summed E-state index contributed by atoms with van der Waals surface area (Å²) in [6.07, 6.45) is 2.07. The molecular formula is C13H23N3O2. The van der Waals surface area contributed by atoms with Gasteiger partial charge < -0.3 is 10.6 Å². The molecule has 102 valence electrons. The Morgan fingerprint density at radius 3 is 2.44 bits per heavy atom. The van der Waals surface area contributed by atoms with Gasteiger partial charge in [0.2, 0.25) is 0 Å². The summed E-state index contributed by atoms with van der Waals surface area (Å²) in [5.74, 6) is 0.475. The van der Waals surface area contributed by atoms with Crippen molar-refractivity contribution in [1.29, 1.82) is 0 Å². The molecule has 0 bridgehead atoms. The van der Waals surface area contributed by atoms with Crippen LogP contribution >= 0.6 is 0 Å². The highest BCUT2D eigenvalue weighted by Gasteiger charge is 2.49. The van der Waals surface area contributed by atoms with Gasteiger partial charge in [0.25, 0.3) is 5.91 Å². The number of hydrogen-bond donors (Lipinski definition) is 2. The number of carbonyl (C=O) groups excluding carboxylic acids is 2. The molecule has 0 aromatic rings. The standard InChI is InChI=1S/C13H23N3O2/c1-9(2)13(3)11(17)16(12(18)15-13)8-10-4-6-14-7-5-10/h9-10,14H,4-8H2,1-3H3,(H,15,18). The zero-order valence-corrected chi connectivity index (χ0v) is 11.5. The van der Waals surface area contributed by atoms with E-state index in [-0.39, 0.29) is 17.9 Å². The normalized spacial score (nSPS) is 30.1. The Morgan fingerprint density at radius 2 is 1.94 bits per heavy atom. The molecule has 2 rings (SSSR count).